The average Bonchev–Trinajstić information content (AvgIpc) is 2.47. The van der Waals surface area contributed by atoms with E-state index in [1.165, 1.54) is 6.07 Å². The average molecular weight is 305 g/mol. The molecule has 2 amide bonds. The number of alkyl carbamates (subject to hydrolysis) is 1. The molecule has 0 aliphatic carbocycles. The van der Waals surface area contributed by atoms with E-state index in [0.29, 0.717) is 17.7 Å². The monoisotopic (exact) mass is 305 g/mol. The van der Waals surface area contributed by atoms with Gasteiger partial charge < -0.3 is 13.9 Å². The van der Waals surface area contributed by atoms with Gasteiger partial charge in [0.05, 0.1) is 13.2 Å². The largest absolute Gasteiger partial charge is 0.490 e. The molecule has 2 rings (SSSR count). The number of para-hydroxylation sites is 1. The van der Waals surface area contributed by atoms with Crippen molar-refractivity contribution >= 4 is 23.0 Å². The van der Waals surface area contributed by atoms with E-state index in [9.17, 15) is 14.4 Å². The first-order chi connectivity index (χ1) is 10.6. The molecule has 0 atom stereocenters. The molecule has 0 radical (unpaired) electrons. The second kappa shape index (κ2) is 6.75. The van der Waals surface area contributed by atoms with Crippen molar-refractivity contribution in [1.29, 1.82) is 0 Å². The van der Waals surface area contributed by atoms with Gasteiger partial charge in [-0.15, -0.1) is 0 Å². The highest BCUT2D eigenvalue weighted by Gasteiger charge is 2.18. The molecule has 0 saturated carbocycles. The molecule has 22 heavy (non-hydrogen) atoms. The van der Waals surface area contributed by atoms with Crippen LogP contribution in [0, 0.1) is 0 Å². The van der Waals surface area contributed by atoms with Crippen molar-refractivity contribution in [3.8, 4) is 5.75 Å². The summed E-state index contributed by atoms with van der Waals surface area (Å²) in [5.41, 5.74) is -0.891. The van der Waals surface area contributed by atoms with Crippen LogP contribution >= 0.6 is 0 Å². The smallest absolute Gasteiger partial charge is 0.414 e. The Labute approximate surface area is 125 Å². The van der Waals surface area contributed by atoms with E-state index in [2.05, 4.69) is 4.74 Å². The summed E-state index contributed by atoms with van der Waals surface area (Å²) in [6, 6.07) is 6.38. The Hall–Kier alpha value is -2.83. The maximum Gasteiger partial charge on any atom is 0.414 e. The second-order valence-electron chi connectivity index (χ2n) is 4.23. The fraction of sp³-hybridized carbons (Fsp3) is 0.267. The van der Waals surface area contributed by atoms with Gasteiger partial charge in [0.1, 0.15) is 5.56 Å². The van der Waals surface area contributed by atoms with Crippen LogP contribution in [0.4, 0.5) is 4.79 Å². The number of benzene rings is 1. The molecule has 0 aliphatic rings. The molecule has 7 heteroatoms. The van der Waals surface area contributed by atoms with Crippen LogP contribution in [-0.2, 0) is 4.74 Å². The molecule has 0 saturated heterocycles. The van der Waals surface area contributed by atoms with Gasteiger partial charge in [-0.1, -0.05) is 12.1 Å². The number of ether oxygens (including phenoxy) is 2. The van der Waals surface area contributed by atoms with Crippen LogP contribution < -0.4 is 15.7 Å². The minimum atomic E-state index is -0.921. The maximum atomic E-state index is 11.9. The highest BCUT2D eigenvalue weighted by atomic mass is 16.5. The Morgan fingerprint density at radius 3 is 2.68 bits per heavy atom. The van der Waals surface area contributed by atoms with Crippen molar-refractivity contribution in [1.82, 2.24) is 5.32 Å². The lowest BCUT2D eigenvalue weighted by Crippen LogP contribution is -2.34. The molecule has 0 unspecified atom stereocenters. The van der Waals surface area contributed by atoms with E-state index in [0.717, 1.165) is 0 Å². The van der Waals surface area contributed by atoms with Crippen molar-refractivity contribution in [3.05, 3.63) is 40.2 Å². The second-order valence-corrected chi connectivity index (χ2v) is 4.23. The molecule has 0 bridgehead atoms. The summed E-state index contributed by atoms with van der Waals surface area (Å²) >= 11 is 0. The third-order valence-corrected chi connectivity index (χ3v) is 2.76. The molecule has 1 aromatic carbocycles. The number of rotatable bonds is 4. The van der Waals surface area contributed by atoms with Gasteiger partial charge in [0.2, 0.25) is 0 Å². The van der Waals surface area contributed by atoms with Gasteiger partial charge in [0, 0.05) is 5.39 Å². The highest BCUT2D eigenvalue weighted by Crippen LogP contribution is 2.24. The van der Waals surface area contributed by atoms with Crippen LogP contribution in [0.3, 0.4) is 0 Å². The summed E-state index contributed by atoms with van der Waals surface area (Å²) in [6.07, 6.45) is -0.921. The molecule has 1 aromatic heterocycles. The predicted molar refractivity (Wildman–Crippen MR) is 78.1 cm³/mol. The number of hydrogen-bond donors (Lipinski definition) is 1. The third-order valence-electron chi connectivity index (χ3n) is 2.76. The zero-order chi connectivity index (χ0) is 16.1. The van der Waals surface area contributed by atoms with Crippen molar-refractivity contribution in [2.24, 2.45) is 0 Å². The number of nitrogens with one attached hydrogen (secondary N) is 1. The zero-order valence-electron chi connectivity index (χ0n) is 12.2. The lowest BCUT2D eigenvalue weighted by molar-refractivity contribution is 0.0921. The molecule has 2 aromatic rings. The van der Waals surface area contributed by atoms with Gasteiger partial charge >= 0.3 is 11.7 Å². The van der Waals surface area contributed by atoms with Crippen LogP contribution in [0.5, 0.6) is 5.75 Å². The van der Waals surface area contributed by atoms with E-state index in [4.69, 9.17) is 9.15 Å². The van der Waals surface area contributed by atoms with Crippen LogP contribution in [0.2, 0.25) is 0 Å². The first-order valence-electron chi connectivity index (χ1n) is 6.74. The molecule has 1 heterocycles. The summed E-state index contributed by atoms with van der Waals surface area (Å²) in [6.45, 7) is 3.93. The van der Waals surface area contributed by atoms with Crippen LogP contribution in [-0.4, -0.2) is 25.2 Å². The number of fused-ring (bicyclic) bond motifs is 1. The van der Waals surface area contributed by atoms with Crippen molar-refractivity contribution in [2.75, 3.05) is 13.2 Å². The quantitative estimate of drug-likeness (QED) is 0.869. The SMILES string of the molecule is CCOC(=O)NC(=O)c1cc2cccc(OCC)c2oc1=O. The summed E-state index contributed by atoms with van der Waals surface area (Å²) in [5.74, 6) is -0.467. The van der Waals surface area contributed by atoms with Crippen molar-refractivity contribution in [2.45, 2.75) is 13.8 Å². The van der Waals surface area contributed by atoms with E-state index in [1.54, 1.807) is 32.0 Å². The number of amides is 2. The summed E-state index contributed by atoms with van der Waals surface area (Å²) in [7, 11) is 0. The molecule has 0 spiro atoms. The summed E-state index contributed by atoms with van der Waals surface area (Å²) in [5, 5.41) is 2.46. The lowest BCUT2D eigenvalue weighted by atomic mass is 10.1. The fourth-order valence-corrected chi connectivity index (χ4v) is 1.87. The van der Waals surface area contributed by atoms with Gasteiger partial charge in [-0.25, -0.2) is 9.59 Å². The highest BCUT2D eigenvalue weighted by molar-refractivity contribution is 6.04. The number of imide groups is 1. The topological polar surface area (TPSA) is 94.8 Å². The Kier molecular flexibility index (Phi) is 4.77. The normalized spacial score (nSPS) is 10.3. The predicted octanol–water partition coefficient (Wildman–Crippen LogP) is 2.08. The van der Waals surface area contributed by atoms with Gasteiger partial charge in [-0.05, 0) is 26.0 Å². The first-order valence-corrected chi connectivity index (χ1v) is 6.74. The maximum absolute atomic E-state index is 11.9. The molecular formula is C15H15NO6. The Balaban J connectivity index is 2.40. The molecule has 7 nitrogen and oxygen atoms in total. The zero-order valence-corrected chi connectivity index (χ0v) is 12.2. The minimum absolute atomic E-state index is 0.114. The van der Waals surface area contributed by atoms with Crippen LogP contribution in [0.15, 0.2) is 33.5 Å². The number of carbonyl (C=O) groups is 2. The Morgan fingerprint density at radius 1 is 1.23 bits per heavy atom. The standard InChI is InChI=1S/C15H15NO6/c1-3-20-11-7-5-6-9-8-10(14(18)22-12(9)11)13(17)16-15(19)21-4-2/h5-8H,3-4H2,1-2H3,(H,16,17,19). The number of hydrogen-bond acceptors (Lipinski definition) is 6. The summed E-state index contributed by atoms with van der Waals surface area (Å²) < 4.78 is 15.1. The van der Waals surface area contributed by atoms with E-state index < -0.39 is 17.6 Å². The fourth-order valence-electron chi connectivity index (χ4n) is 1.87. The Bertz CT molecular complexity index is 764. The minimum Gasteiger partial charge on any atom is -0.490 e. The lowest BCUT2D eigenvalue weighted by Gasteiger charge is -2.07. The van der Waals surface area contributed by atoms with E-state index in [-0.39, 0.29) is 17.8 Å². The van der Waals surface area contributed by atoms with Crippen LogP contribution in [0.25, 0.3) is 11.0 Å². The van der Waals surface area contributed by atoms with Gasteiger partial charge in [0.25, 0.3) is 5.91 Å². The summed E-state index contributed by atoms with van der Waals surface area (Å²) in [4.78, 5) is 35.1. The number of carbonyl (C=O) groups excluding carboxylic acids is 2. The van der Waals surface area contributed by atoms with E-state index >= 15 is 0 Å². The van der Waals surface area contributed by atoms with Gasteiger partial charge in [-0.2, -0.15) is 0 Å². The third kappa shape index (κ3) is 3.25. The van der Waals surface area contributed by atoms with Crippen molar-refractivity contribution < 1.29 is 23.5 Å². The molecule has 1 N–H and O–H groups in total. The van der Waals surface area contributed by atoms with Gasteiger partial charge in [-0.3, -0.25) is 10.1 Å². The molecule has 116 valence electrons. The first kappa shape index (κ1) is 15.6. The molecule has 0 aliphatic heterocycles. The molecular weight excluding hydrogens is 290 g/mol. The van der Waals surface area contributed by atoms with Crippen molar-refractivity contribution in [3.63, 3.8) is 0 Å². The van der Waals surface area contributed by atoms with E-state index in [1.807, 2.05) is 5.32 Å². The van der Waals surface area contributed by atoms with Gasteiger partial charge in [0.15, 0.2) is 11.3 Å². The Morgan fingerprint density at radius 2 is 2.00 bits per heavy atom. The molecule has 0 fully saturated rings. The van der Waals surface area contributed by atoms with Crippen LogP contribution in [0.1, 0.15) is 24.2 Å².